The Kier molecular flexibility index (Phi) is 3.10. The van der Waals surface area contributed by atoms with Gasteiger partial charge in [0, 0.05) is 16.1 Å². The summed E-state index contributed by atoms with van der Waals surface area (Å²) in [6.45, 7) is 4.48. The highest BCUT2D eigenvalue weighted by Gasteiger charge is 2.36. The Morgan fingerprint density at radius 1 is 1.56 bits per heavy atom. The average molecular weight is 285 g/mol. The monoisotopic (exact) mass is 284 g/mol. The molecule has 1 aliphatic rings. The van der Waals surface area contributed by atoms with E-state index < -0.39 is 0 Å². The molecule has 16 heavy (non-hydrogen) atoms. The molecule has 0 spiro atoms. The second-order valence-electron chi connectivity index (χ2n) is 5.02. The smallest absolute Gasteiger partial charge is 0.166 e. The van der Waals surface area contributed by atoms with Crippen molar-refractivity contribution < 1.29 is 4.74 Å². The van der Waals surface area contributed by atoms with Gasteiger partial charge in [0.1, 0.15) is 6.10 Å². The normalized spacial score (nSPS) is 23.3. The summed E-state index contributed by atoms with van der Waals surface area (Å²) >= 11 is 3.38. The third kappa shape index (κ3) is 2.32. The summed E-state index contributed by atoms with van der Waals surface area (Å²) in [5.41, 5.74) is 6.03. The largest absolute Gasteiger partial charge is 0.486 e. The minimum Gasteiger partial charge on any atom is -0.486 e. The molecule has 1 saturated carbocycles. The van der Waals surface area contributed by atoms with E-state index in [1.807, 2.05) is 6.07 Å². The van der Waals surface area contributed by atoms with Crippen LogP contribution >= 0.6 is 15.9 Å². The van der Waals surface area contributed by atoms with Gasteiger partial charge in [0.05, 0.1) is 0 Å². The summed E-state index contributed by atoms with van der Waals surface area (Å²) in [5.74, 6) is 1.15. The van der Waals surface area contributed by atoms with Gasteiger partial charge < -0.3 is 10.5 Å². The van der Waals surface area contributed by atoms with Gasteiger partial charge in [-0.25, -0.2) is 4.98 Å². The fraction of sp³-hybridized carbons (Fsp3) is 0.583. The molecule has 0 unspecified atom stereocenters. The second kappa shape index (κ2) is 4.24. The number of aromatic nitrogens is 1. The van der Waals surface area contributed by atoms with Crippen LogP contribution in [-0.2, 0) is 0 Å². The third-order valence-corrected chi connectivity index (χ3v) is 3.71. The molecular weight excluding hydrogens is 268 g/mol. The lowest BCUT2D eigenvalue weighted by Crippen LogP contribution is -2.29. The zero-order chi connectivity index (χ0) is 11.8. The Hall–Kier alpha value is -0.770. The van der Waals surface area contributed by atoms with Crippen LogP contribution in [0.2, 0.25) is 0 Å². The SMILES string of the molecule is CC1(C)CCC[C@@H]1Oc1cc(Br)cnc1N. The van der Waals surface area contributed by atoms with E-state index in [2.05, 4.69) is 34.8 Å². The number of pyridine rings is 1. The Bertz CT molecular complexity index is 393. The Labute approximate surface area is 105 Å². The first-order chi connectivity index (χ1) is 7.49. The highest BCUT2D eigenvalue weighted by Crippen LogP contribution is 2.40. The van der Waals surface area contributed by atoms with Crippen LogP contribution in [0.15, 0.2) is 16.7 Å². The van der Waals surface area contributed by atoms with Crippen molar-refractivity contribution in [2.45, 2.75) is 39.2 Å². The maximum absolute atomic E-state index is 5.98. The van der Waals surface area contributed by atoms with Crippen LogP contribution in [0.1, 0.15) is 33.1 Å². The highest BCUT2D eigenvalue weighted by molar-refractivity contribution is 9.10. The third-order valence-electron chi connectivity index (χ3n) is 3.28. The topological polar surface area (TPSA) is 48.1 Å². The molecule has 1 atom stereocenters. The second-order valence-corrected chi connectivity index (χ2v) is 5.94. The summed E-state index contributed by atoms with van der Waals surface area (Å²) < 4.78 is 6.88. The molecule has 0 saturated heterocycles. The van der Waals surface area contributed by atoms with E-state index in [1.54, 1.807) is 6.20 Å². The van der Waals surface area contributed by atoms with Crippen molar-refractivity contribution in [3.05, 3.63) is 16.7 Å². The predicted molar refractivity (Wildman–Crippen MR) is 68.4 cm³/mol. The van der Waals surface area contributed by atoms with E-state index in [4.69, 9.17) is 10.5 Å². The van der Waals surface area contributed by atoms with Crippen LogP contribution in [0.25, 0.3) is 0 Å². The molecule has 2 rings (SSSR count). The van der Waals surface area contributed by atoms with Gasteiger partial charge in [-0.05, 0) is 41.3 Å². The molecular formula is C12H17BrN2O. The van der Waals surface area contributed by atoms with Crippen molar-refractivity contribution in [1.82, 2.24) is 4.98 Å². The number of nitrogen functional groups attached to an aromatic ring is 1. The molecule has 0 radical (unpaired) electrons. The molecule has 2 N–H and O–H groups in total. The Morgan fingerprint density at radius 3 is 2.94 bits per heavy atom. The van der Waals surface area contributed by atoms with Gasteiger partial charge in [-0.3, -0.25) is 0 Å². The van der Waals surface area contributed by atoms with E-state index in [0.717, 1.165) is 10.9 Å². The van der Waals surface area contributed by atoms with Crippen LogP contribution in [-0.4, -0.2) is 11.1 Å². The van der Waals surface area contributed by atoms with Gasteiger partial charge in [0.2, 0.25) is 0 Å². The van der Waals surface area contributed by atoms with Crippen LogP contribution < -0.4 is 10.5 Å². The molecule has 0 aliphatic heterocycles. The van der Waals surface area contributed by atoms with Crippen molar-refractivity contribution >= 4 is 21.7 Å². The van der Waals surface area contributed by atoms with E-state index in [0.29, 0.717) is 11.6 Å². The number of rotatable bonds is 2. The predicted octanol–water partition coefficient (Wildman–Crippen LogP) is 3.38. The van der Waals surface area contributed by atoms with Gasteiger partial charge in [-0.2, -0.15) is 0 Å². The lowest BCUT2D eigenvalue weighted by Gasteiger charge is -2.27. The van der Waals surface area contributed by atoms with Crippen LogP contribution in [0.3, 0.4) is 0 Å². The number of nitrogens with zero attached hydrogens (tertiary/aromatic N) is 1. The zero-order valence-electron chi connectivity index (χ0n) is 9.66. The molecule has 3 nitrogen and oxygen atoms in total. The van der Waals surface area contributed by atoms with Crippen LogP contribution in [0.5, 0.6) is 5.75 Å². The zero-order valence-corrected chi connectivity index (χ0v) is 11.3. The van der Waals surface area contributed by atoms with E-state index in [1.165, 1.54) is 12.8 Å². The Morgan fingerprint density at radius 2 is 2.31 bits per heavy atom. The van der Waals surface area contributed by atoms with Crippen molar-refractivity contribution in [2.24, 2.45) is 5.41 Å². The van der Waals surface area contributed by atoms with Crippen molar-refractivity contribution in [3.63, 3.8) is 0 Å². The fourth-order valence-corrected chi connectivity index (χ4v) is 2.50. The molecule has 1 aromatic rings. The fourth-order valence-electron chi connectivity index (χ4n) is 2.19. The lowest BCUT2D eigenvalue weighted by atomic mass is 9.89. The molecule has 1 aromatic heterocycles. The summed E-state index contributed by atoms with van der Waals surface area (Å²) in [5, 5.41) is 0. The first kappa shape index (κ1) is 11.7. The first-order valence-corrected chi connectivity index (χ1v) is 6.36. The maximum Gasteiger partial charge on any atom is 0.166 e. The van der Waals surface area contributed by atoms with Crippen molar-refractivity contribution in [2.75, 3.05) is 5.73 Å². The molecule has 4 heteroatoms. The molecule has 0 aromatic carbocycles. The van der Waals surface area contributed by atoms with Gasteiger partial charge in [-0.15, -0.1) is 0 Å². The standard InChI is InChI=1S/C12H17BrN2O/c1-12(2)5-3-4-10(12)16-9-6-8(13)7-15-11(9)14/h6-7,10H,3-5H2,1-2H3,(H2,14,15)/t10-/m0/s1. The summed E-state index contributed by atoms with van der Waals surface area (Å²) in [4.78, 5) is 4.07. The lowest BCUT2D eigenvalue weighted by molar-refractivity contribution is 0.104. The van der Waals surface area contributed by atoms with Crippen molar-refractivity contribution in [3.8, 4) is 5.75 Å². The summed E-state index contributed by atoms with van der Waals surface area (Å²) in [6.07, 6.45) is 5.45. The van der Waals surface area contributed by atoms with E-state index >= 15 is 0 Å². The number of nitrogens with two attached hydrogens (primary N) is 1. The molecule has 0 amide bonds. The summed E-state index contributed by atoms with van der Waals surface area (Å²) in [7, 11) is 0. The summed E-state index contributed by atoms with van der Waals surface area (Å²) in [6, 6.07) is 1.89. The molecule has 1 aliphatic carbocycles. The molecule has 1 heterocycles. The average Bonchev–Trinajstić information content (AvgIpc) is 2.52. The number of anilines is 1. The number of halogens is 1. The van der Waals surface area contributed by atoms with Crippen LogP contribution in [0.4, 0.5) is 5.82 Å². The minimum atomic E-state index is 0.231. The van der Waals surface area contributed by atoms with Gasteiger partial charge in [0.15, 0.2) is 11.6 Å². The van der Waals surface area contributed by atoms with E-state index in [-0.39, 0.29) is 11.5 Å². The minimum absolute atomic E-state index is 0.231. The maximum atomic E-state index is 5.98. The number of ether oxygens (including phenoxy) is 1. The quantitative estimate of drug-likeness (QED) is 0.906. The first-order valence-electron chi connectivity index (χ1n) is 5.57. The van der Waals surface area contributed by atoms with Gasteiger partial charge in [0.25, 0.3) is 0 Å². The highest BCUT2D eigenvalue weighted by atomic mass is 79.9. The molecule has 1 fully saturated rings. The van der Waals surface area contributed by atoms with E-state index in [9.17, 15) is 0 Å². The number of hydrogen-bond acceptors (Lipinski definition) is 3. The number of hydrogen-bond donors (Lipinski definition) is 1. The van der Waals surface area contributed by atoms with Gasteiger partial charge in [-0.1, -0.05) is 13.8 Å². The van der Waals surface area contributed by atoms with Crippen LogP contribution in [0, 0.1) is 5.41 Å². The Balaban J connectivity index is 2.17. The molecule has 0 bridgehead atoms. The van der Waals surface area contributed by atoms with Crippen molar-refractivity contribution in [1.29, 1.82) is 0 Å². The van der Waals surface area contributed by atoms with Gasteiger partial charge >= 0.3 is 0 Å². The molecule has 88 valence electrons.